The van der Waals surface area contributed by atoms with Gasteiger partial charge in [0.2, 0.25) is 5.91 Å². The van der Waals surface area contributed by atoms with Crippen molar-refractivity contribution in [3.63, 3.8) is 0 Å². The lowest BCUT2D eigenvalue weighted by atomic mass is 10.1. The molecule has 29 heavy (non-hydrogen) atoms. The van der Waals surface area contributed by atoms with Gasteiger partial charge in [0.1, 0.15) is 0 Å². The van der Waals surface area contributed by atoms with Crippen LogP contribution < -0.4 is 10.5 Å². The number of benzene rings is 2. The summed E-state index contributed by atoms with van der Waals surface area (Å²) >= 11 is 1.39. The van der Waals surface area contributed by atoms with E-state index in [1.807, 2.05) is 74.7 Å². The number of anilines is 1. The Bertz CT molecular complexity index is 1030. The van der Waals surface area contributed by atoms with Gasteiger partial charge in [0.05, 0.1) is 6.54 Å². The molecule has 150 valence electrons. The minimum absolute atomic E-state index is 0.0227. The SMILES string of the molecule is CSc1nc(C)c(CCC(=O)N(Cc2ccccc2)c2ccc(C)cc2)c(=O)[nH]1. The van der Waals surface area contributed by atoms with Crippen LogP contribution in [0, 0.1) is 13.8 Å². The minimum atomic E-state index is -0.167. The molecular weight excluding hydrogens is 382 g/mol. The Labute approximate surface area is 175 Å². The summed E-state index contributed by atoms with van der Waals surface area (Å²) in [6.45, 7) is 4.33. The van der Waals surface area contributed by atoms with Crippen molar-refractivity contribution in [1.82, 2.24) is 9.97 Å². The number of thioether (sulfide) groups is 1. The summed E-state index contributed by atoms with van der Waals surface area (Å²) in [6.07, 6.45) is 2.47. The van der Waals surface area contributed by atoms with Crippen LogP contribution in [-0.4, -0.2) is 22.1 Å². The van der Waals surface area contributed by atoms with Gasteiger partial charge in [-0.1, -0.05) is 59.8 Å². The first-order valence-corrected chi connectivity index (χ1v) is 10.7. The molecule has 1 aromatic heterocycles. The van der Waals surface area contributed by atoms with Crippen molar-refractivity contribution in [3.05, 3.63) is 87.3 Å². The number of carbonyl (C=O) groups excluding carboxylic acids is 1. The van der Waals surface area contributed by atoms with Gasteiger partial charge in [-0.2, -0.15) is 0 Å². The lowest BCUT2D eigenvalue weighted by molar-refractivity contribution is -0.118. The molecular formula is C23H25N3O2S. The number of rotatable bonds is 7. The Hall–Kier alpha value is -2.86. The molecule has 0 radical (unpaired) electrons. The van der Waals surface area contributed by atoms with E-state index in [1.165, 1.54) is 11.8 Å². The van der Waals surface area contributed by atoms with Crippen molar-refractivity contribution >= 4 is 23.4 Å². The fraction of sp³-hybridized carbons (Fsp3) is 0.261. The van der Waals surface area contributed by atoms with Crippen molar-refractivity contribution in [1.29, 1.82) is 0 Å². The third kappa shape index (κ3) is 5.35. The van der Waals surface area contributed by atoms with Crippen molar-refractivity contribution in [2.24, 2.45) is 0 Å². The number of nitrogens with one attached hydrogen (secondary N) is 1. The highest BCUT2D eigenvalue weighted by atomic mass is 32.2. The van der Waals surface area contributed by atoms with Crippen molar-refractivity contribution < 1.29 is 4.79 Å². The van der Waals surface area contributed by atoms with Gasteiger partial charge in [-0.15, -0.1) is 0 Å². The number of carbonyl (C=O) groups is 1. The van der Waals surface area contributed by atoms with E-state index >= 15 is 0 Å². The second kappa shape index (κ2) is 9.56. The maximum absolute atomic E-state index is 13.1. The van der Waals surface area contributed by atoms with E-state index in [2.05, 4.69) is 9.97 Å². The highest BCUT2D eigenvalue weighted by Crippen LogP contribution is 2.20. The number of aromatic amines is 1. The molecule has 2 aromatic carbocycles. The smallest absolute Gasteiger partial charge is 0.254 e. The first-order chi connectivity index (χ1) is 14.0. The minimum Gasteiger partial charge on any atom is -0.308 e. The number of amides is 1. The molecule has 3 rings (SSSR count). The summed E-state index contributed by atoms with van der Waals surface area (Å²) in [5.74, 6) is -0.0227. The molecule has 0 bridgehead atoms. The van der Waals surface area contributed by atoms with Gasteiger partial charge >= 0.3 is 0 Å². The maximum atomic E-state index is 13.1. The normalized spacial score (nSPS) is 10.7. The van der Waals surface area contributed by atoms with E-state index in [1.54, 1.807) is 4.90 Å². The summed E-state index contributed by atoms with van der Waals surface area (Å²) in [7, 11) is 0. The molecule has 3 aromatic rings. The topological polar surface area (TPSA) is 66.1 Å². The quantitative estimate of drug-likeness (QED) is 0.469. The van der Waals surface area contributed by atoms with Crippen LogP contribution in [0.15, 0.2) is 64.5 Å². The highest BCUT2D eigenvalue weighted by Gasteiger charge is 2.18. The second-order valence-corrected chi connectivity index (χ2v) is 7.74. The molecule has 0 saturated heterocycles. The van der Waals surface area contributed by atoms with Gasteiger partial charge in [-0.3, -0.25) is 9.59 Å². The van der Waals surface area contributed by atoms with Crippen molar-refractivity contribution in [2.45, 2.75) is 38.4 Å². The molecule has 0 aliphatic rings. The van der Waals surface area contributed by atoms with Gasteiger partial charge in [0.25, 0.3) is 5.56 Å². The van der Waals surface area contributed by atoms with Crippen molar-refractivity contribution in [2.75, 3.05) is 11.2 Å². The predicted molar refractivity (Wildman–Crippen MR) is 119 cm³/mol. The van der Waals surface area contributed by atoms with Crippen LogP contribution in [0.2, 0.25) is 0 Å². The van der Waals surface area contributed by atoms with E-state index in [0.717, 1.165) is 16.8 Å². The van der Waals surface area contributed by atoms with Gasteiger partial charge < -0.3 is 9.88 Å². The first-order valence-electron chi connectivity index (χ1n) is 9.52. The third-order valence-corrected chi connectivity index (χ3v) is 5.39. The molecule has 0 atom stereocenters. The molecule has 0 fully saturated rings. The molecule has 0 saturated carbocycles. The molecule has 0 aliphatic carbocycles. The Morgan fingerprint density at radius 1 is 1.07 bits per heavy atom. The van der Waals surface area contributed by atoms with Crippen LogP contribution in [0.4, 0.5) is 5.69 Å². The number of aryl methyl sites for hydroxylation is 2. The Morgan fingerprint density at radius 3 is 2.38 bits per heavy atom. The van der Waals surface area contributed by atoms with Gasteiger partial charge in [-0.25, -0.2) is 4.98 Å². The zero-order valence-corrected chi connectivity index (χ0v) is 17.8. The van der Waals surface area contributed by atoms with E-state index < -0.39 is 0 Å². The lowest BCUT2D eigenvalue weighted by Crippen LogP contribution is -2.31. The number of hydrogen-bond acceptors (Lipinski definition) is 4. The Balaban J connectivity index is 1.81. The zero-order valence-electron chi connectivity index (χ0n) is 16.9. The Kier molecular flexibility index (Phi) is 6.88. The first kappa shape index (κ1) is 20.9. The molecule has 1 N–H and O–H groups in total. The molecule has 6 heteroatoms. The number of aromatic nitrogens is 2. The average molecular weight is 408 g/mol. The van der Waals surface area contributed by atoms with Crippen molar-refractivity contribution in [3.8, 4) is 0 Å². The van der Waals surface area contributed by atoms with Crippen LogP contribution >= 0.6 is 11.8 Å². The standard InChI is InChI=1S/C23H25N3O2S/c1-16-9-11-19(12-10-16)26(15-18-7-5-4-6-8-18)21(27)14-13-20-17(2)24-23(29-3)25-22(20)28/h4-12H,13-15H2,1-3H3,(H,24,25,28). The van der Waals surface area contributed by atoms with E-state index in [4.69, 9.17) is 0 Å². The molecule has 0 spiro atoms. The van der Waals surface area contributed by atoms with Gasteiger partial charge in [0.15, 0.2) is 5.16 Å². The second-order valence-electron chi connectivity index (χ2n) is 6.94. The van der Waals surface area contributed by atoms with Crippen LogP contribution in [0.1, 0.15) is 28.8 Å². The average Bonchev–Trinajstić information content (AvgIpc) is 2.72. The summed E-state index contributed by atoms with van der Waals surface area (Å²) in [6, 6.07) is 17.8. The molecule has 0 unspecified atom stereocenters. The number of H-pyrrole nitrogens is 1. The van der Waals surface area contributed by atoms with E-state index in [9.17, 15) is 9.59 Å². The molecule has 0 aliphatic heterocycles. The van der Waals surface area contributed by atoms with Crippen LogP contribution in [0.25, 0.3) is 0 Å². The molecule has 1 amide bonds. The summed E-state index contributed by atoms with van der Waals surface area (Å²) < 4.78 is 0. The van der Waals surface area contributed by atoms with Crippen LogP contribution in [0.3, 0.4) is 0 Å². The fourth-order valence-corrected chi connectivity index (χ4v) is 3.58. The fourth-order valence-electron chi connectivity index (χ4n) is 3.16. The predicted octanol–water partition coefficient (Wildman–Crippen LogP) is 4.27. The summed E-state index contributed by atoms with van der Waals surface area (Å²) in [5.41, 5.74) is 4.13. The molecule has 5 nitrogen and oxygen atoms in total. The van der Waals surface area contributed by atoms with Gasteiger partial charge in [-0.05, 0) is 44.2 Å². The van der Waals surface area contributed by atoms with E-state index in [-0.39, 0.29) is 17.9 Å². The number of nitrogens with zero attached hydrogens (tertiary/aromatic N) is 2. The van der Waals surface area contributed by atoms with Crippen LogP contribution in [-0.2, 0) is 17.8 Å². The van der Waals surface area contributed by atoms with Gasteiger partial charge in [0, 0.05) is 23.4 Å². The van der Waals surface area contributed by atoms with E-state index in [0.29, 0.717) is 29.4 Å². The van der Waals surface area contributed by atoms with Crippen LogP contribution in [0.5, 0.6) is 0 Å². The Morgan fingerprint density at radius 2 is 1.76 bits per heavy atom. The lowest BCUT2D eigenvalue weighted by Gasteiger charge is -2.23. The summed E-state index contributed by atoms with van der Waals surface area (Å²) in [4.78, 5) is 34.4. The highest BCUT2D eigenvalue weighted by molar-refractivity contribution is 7.98. The third-order valence-electron chi connectivity index (χ3n) is 4.81. The number of hydrogen-bond donors (Lipinski definition) is 1. The maximum Gasteiger partial charge on any atom is 0.254 e. The molecule has 1 heterocycles. The summed E-state index contributed by atoms with van der Waals surface area (Å²) in [5, 5.41) is 0.591. The monoisotopic (exact) mass is 407 g/mol. The zero-order chi connectivity index (χ0) is 20.8. The largest absolute Gasteiger partial charge is 0.308 e.